The van der Waals surface area contributed by atoms with Gasteiger partial charge in [-0.1, -0.05) is 45.2 Å². The van der Waals surface area contributed by atoms with Gasteiger partial charge in [0, 0.05) is 23.0 Å². The van der Waals surface area contributed by atoms with Crippen molar-refractivity contribution in [2.75, 3.05) is 0 Å². The van der Waals surface area contributed by atoms with Crippen molar-refractivity contribution in [2.24, 2.45) is 0 Å². The van der Waals surface area contributed by atoms with Crippen LogP contribution in [0, 0.1) is 17.0 Å². The van der Waals surface area contributed by atoms with Crippen LogP contribution in [-0.2, 0) is 5.33 Å². The summed E-state index contributed by atoms with van der Waals surface area (Å²) in [6, 6.07) is 9.92. The first kappa shape index (κ1) is 14.8. The van der Waals surface area contributed by atoms with Gasteiger partial charge >= 0.3 is 0 Å². The average molecular weight is 357 g/mol. The molecule has 0 aliphatic rings. The van der Waals surface area contributed by atoms with Gasteiger partial charge < -0.3 is 4.74 Å². The van der Waals surface area contributed by atoms with E-state index in [1.807, 2.05) is 25.1 Å². The van der Waals surface area contributed by atoms with Crippen LogP contribution in [0.5, 0.6) is 11.5 Å². The Hall–Kier alpha value is -1.59. The van der Waals surface area contributed by atoms with Gasteiger partial charge in [0.05, 0.1) is 9.95 Å². The minimum atomic E-state index is -0.495. The zero-order valence-electron chi connectivity index (χ0n) is 10.6. The van der Waals surface area contributed by atoms with Crippen molar-refractivity contribution in [3.8, 4) is 11.5 Å². The second-order valence-corrected chi connectivity index (χ2v) is 5.19. The molecule has 0 aromatic heterocycles. The number of benzene rings is 2. The van der Waals surface area contributed by atoms with Gasteiger partial charge in [-0.15, -0.1) is 0 Å². The van der Waals surface area contributed by atoms with Crippen molar-refractivity contribution in [2.45, 2.75) is 12.3 Å². The molecule has 2 aromatic carbocycles. The van der Waals surface area contributed by atoms with Crippen LogP contribution in [0.15, 0.2) is 36.4 Å². The lowest BCUT2D eigenvalue weighted by Gasteiger charge is -2.11. The number of halogens is 2. The number of nitro benzene ring substituents is 1. The zero-order chi connectivity index (χ0) is 14.7. The average Bonchev–Trinajstić information content (AvgIpc) is 2.42. The quantitative estimate of drug-likeness (QED) is 0.427. The molecule has 4 nitrogen and oxygen atoms in total. The maximum atomic E-state index is 10.7. The summed E-state index contributed by atoms with van der Waals surface area (Å²) in [7, 11) is 0. The summed E-state index contributed by atoms with van der Waals surface area (Å²) < 4.78 is 5.74. The van der Waals surface area contributed by atoms with Crippen LogP contribution in [0.25, 0.3) is 0 Å². The molecule has 2 aromatic rings. The summed E-state index contributed by atoms with van der Waals surface area (Å²) in [5.74, 6) is 1.06. The number of hydrogen-bond donors (Lipinski definition) is 0. The Labute approximate surface area is 129 Å². The van der Waals surface area contributed by atoms with Crippen molar-refractivity contribution in [3.05, 3.63) is 62.7 Å². The van der Waals surface area contributed by atoms with Crippen LogP contribution in [0.1, 0.15) is 11.1 Å². The van der Waals surface area contributed by atoms with E-state index in [9.17, 15) is 10.1 Å². The molecule has 0 fully saturated rings. The maximum Gasteiger partial charge on any atom is 0.271 e. The molecule has 0 amide bonds. The number of nitro groups is 1. The monoisotopic (exact) mass is 355 g/mol. The molecule has 0 unspecified atom stereocenters. The molecule has 104 valence electrons. The smallest absolute Gasteiger partial charge is 0.271 e. The van der Waals surface area contributed by atoms with Gasteiger partial charge in [-0.3, -0.25) is 10.1 Å². The van der Waals surface area contributed by atoms with E-state index in [1.54, 1.807) is 0 Å². The number of non-ortho nitro benzene ring substituents is 1. The van der Waals surface area contributed by atoms with Crippen molar-refractivity contribution in [3.63, 3.8) is 0 Å². The van der Waals surface area contributed by atoms with Gasteiger partial charge in [0.25, 0.3) is 5.69 Å². The Bertz CT molecular complexity index is 661. The molecule has 0 bridgehead atoms. The highest BCUT2D eigenvalue weighted by Crippen LogP contribution is 2.34. The first-order chi connectivity index (χ1) is 9.51. The van der Waals surface area contributed by atoms with E-state index in [1.165, 1.54) is 18.2 Å². The van der Waals surface area contributed by atoms with Crippen LogP contribution in [0.2, 0.25) is 5.02 Å². The van der Waals surface area contributed by atoms with E-state index in [0.29, 0.717) is 16.8 Å². The van der Waals surface area contributed by atoms with Gasteiger partial charge in [0.1, 0.15) is 11.5 Å². The van der Waals surface area contributed by atoms with Crippen LogP contribution >= 0.6 is 27.5 Å². The molecule has 0 atom stereocenters. The van der Waals surface area contributed by atoms with Gasteiger partial charge in [0.15, 0.2) is 0 Å². The zero-order valence-corrected chi connectivity index (χ0v) is 12.9. The Kier molecular flexibility index (Phi) is 4.62. The number of alkyl halides is 1. The second-order valence-electron chi connectivity index (χ2n) is 4.22. The number of rotatable bonds is 4. The van der Waals surface area contributed by atoms with Gasteiger partial charge in [-0.2, -0.15) is 0 Å². The van der Waals surface area contributed by atoms with Crippen LogP contribution in [0.3, 0.4) is 0 Å². The molecular weight excluding hydrogens is 346 g/mol. The second kappa shape index (κ2) is 6.24. The summed E-state index contributed by atoms with van der Waals surface area (Å²) in [4.78, 5) is 10.2. The summed E-state index contributed by atoms with van der Waals surface area (Å²) in [6.45, 7) is 1.99. The molecule has 6 heteroatoms. The Morgan fingerprint density at radius 2 is 1.95 bits per heavy atom. The fraction of sp³-hybridized carbons (Fsp3) is 0.143. The lowest BCUT2D eigenvalue weighted by Crippen LogP contribution is -1.93. The molecule has 0 aliphatic heterocycles. The largest absolute Gasteiger partial charge is 0.455 e. The van der Waals surface area contributed by atoms with E-state index >= 15 is 0 Å². The van der Waals surface area contributed by atoms with Crippen LogP contribution in [0.4, 0.5) is 5.69 Å². The highest BCUT2D eigenvalue weighted by atomic mass is 79.9. The Balaban J connectivity index is 2.33. The molecular formula is C14H11BrClNO3. The van der Waals surface area contributed by atoms with E-state index < -0.39 is 4.92 Å². The van der Waals surface area contributed by atoms with Crippen molar-refractivity contribution in [1.82, 2.24) is 0 Å². The minimum absolute atomic E-state index is 0.0630. The number of nitrogens with zero attached hydrogens (tertiary/aromatic N) is 1. The van der Waals surface area contributed by atoms with E-state index in [4.69, 9.17) is 16.3 Å². The third kappa shape index (κ3) is 3.29. The normalized spacial score (nSPS) is 10.3. The predicted octanol–water partition coefficient (Wildman–Crippen LogP) is 5.24. The Morgan fingerprint density at radius 3 is 2.55 bits per heavy atom. The van der Waals surface area contributed by atoms with Crippen molar-refractivity contribution < 1.29 is 9.66 Å². The molecule has 0 aliphatic carbocycles. The van der Waals surface area contributed by atoms with E-state index in [0.717, 1.165) is 11.1 Å². The van der Waals surface area contributed by atoms with Gasteiger partial charge in [-0.05, 0) is 19.1 Å². The first-order valence-corrected chi connectivity index (χ1v) is 7.28. The lowest BCUT2D eigenvalue weighted by molar-refractivity contribution is -0.384. The predicted molar refractivity (Wildman–Crippen MR) is 82.0 cm³/mol. The standard InChI is InChI=1S/C14H11BrClNO3/c1-9-2-4-13(10(6-9)8-15)20-14-5-3-11(17(18)19)7-12(14)16/h2-7H,8H2,1H3. The van der Waals surface area contributed by atoms with Gasteiger partial charge in [-0.25, -0.2) is 0 Å². The number of hydrogen-bond acceptors (Lipinski definition) is 3. The fourth-order valence-electron chi connectivity index (χ4n) is 1.72. The summed E-state index contributed by atoms with van der Waals surface area (Å²) in [5.41, 5.74) is 2.05. The highest BCUT2D eigenvalue weighted by Gasteiger charge is 2.12. The fourth-order valence-corrected chi connectivity index (χ4v) is 2.37. The molecule has 0 radical (unpaired) electrons. The van der Waals surface area contributed by atoms with Crippen molar-refractivity contribution >= 4 is 33.2 Å². The highest BCUT2D eigenvalue weighted by molar-refractivity contribution is 9.08. The molecule has 2 rings (SSSR count). The first-order valence-electron chi connectivity index (χ1n) is 5.78. The molecule has 0 heterocycles. The maximum absolute atomic E-state index is 10.7. The lowest BCUT2D eigenvalue weighted by atomic mass is 10.1. The molecule has 20 heavy (non-hydrogen) atoms. The van der Waals surface area contributed by atoms with Gasteiger partial charge in [0.2, 0.25) is 0 Å². The third-order valence-corrected chi connectivity index (χ3v) is 3.61. The van der Waals surface area contributed by atoms with Crippen molar-refractivity contribution in [1.29, 1.82) is 0 Å². The molecule has 0 saturated heterocycles. The van der Waals surface area contributed by atoms with E-state index in [-0.39, 0.29) is 10.7 Å². The third-order valence-electron chi connectivity index (χ3n) is 2.71. The minimum Gasteiger partial charge on any atom is -0.455 e. The topological polar surface area (TPSA) is 52.4 Å². The SMILES string of the molecule is Cc1ccc(Oc2ccc([N+](=O)[O-])cc2Cl)c(CBr)c1. The molecule has 0 saturated carbocycles. The summed E-state index contributed by atoms with van der Waals surface area (Å²) in [6.07, 6.45) is 0. The van der Waals surface area contributed by atoms with Crippen LogP contribution in [-0.4, -0.2) is 4.92 Å². The molecule has 0 spiro atoms. The number of aryl methyl sites for hydroxylation is 1. The summed E-state index contributed by atoms with van der Waals surface area (Å²) in [5, 5.41) is 11.5. The Morgan fingerprint density at radius 1 is 1.25 bits per heavy atom. The molecule has 0 N–H and O–H groups in total. The van der Waals surface area contributed by atoms with Crippen LogP contribution < -0.4 is 4.74 Å². The number of ether oxygens (including phenoxy) is 1. The van der Waals surface area contributed by atoms with E-state index in [2.05, 4.69) is 15.9 Å². The summed E-state index contributed by atoms with van der Waals surface area (Å²) >= 11 is 9.41.